The van der Waals surface area contributed by atoms with Crippen LogP contribution in [0.25, 0.3) is 110 Å². The average Bonchev–Trinajstić information content (AvgIpc) is 3.69. The Labute approximate surface area is 324 Å². The first kappa shape index (κ1) is 32.4. The van der Waals surface area contributed by atoms with Gasteiger partial charge in [-0.1, -0.05) is 127 Å². The molecule has 0 spiro atoms. The highest BCUT2D eigenvalue weighted by Gasteiger charge is 2.22. The van der Waals surface area contributed by atoms with Crippen LogP contribution < -0.4 is 0 Å². The van der Waals surface area contributed by atoms with Crippen molar-refractivity contribution in [2.75, 3.05) is 0 Å². The number of rotatable bonds is 4. The van der Waals surface area contributed by atoms with E-state index in [4.69, 9.17) is 9.97 Å². The number of hydrogen-bond acceptors (Lipinski definition) is 2. The lowest BCUT2D eigenvalue weighted by atomic mass is 9.81. The third-order valence-corrected chi connectivity index (χ3v) is 12.1. The van der Waals surface area contributed by atoms with Crippen LogP contribution in [0.3, 0.4) is 0 Å². The molecule has 2 heterocycles. The standard InChI is InChI=1S/C52H38N4/c1-31-53-46-26-24-34(28-48(46)55(31)3)36-20-12-22-42-44(36)30-45-37(35-25-27-47-49(29-35)56(4)32(2)54-47)21-13-23-43(45)52(42)51-40-18-10-8-16-38(40)50(33-14-6-5-7-15-33)39-17-9-11-19-41(39)51/h5-30H,1-4H3. The topological polar surface area (TPSA) is 35.6 Å². The summed E-state index contributed by atoms with van der Waals surface area (Å²) < 4.78 is 4.37. The fourth-order valence-corrected chi connectivity index (χ4v) is 9.21. The largest absolute Gasteiger partial charge is 0.331 e. The Morgan fingerprint density at radius 1 is 0.339 bits per heavy atom. The van der Waals surface area contributed by atoms with E-state index in [1.165, 1.54) is 87.6 Å². The Morgan fingerprint density at radius 2 is 0.732 bits per heavy atom. The van der Waals surface area contributed by atoms with Crippen LogP contribution in [0.2, 0.25) is 0 Å². The summed E-state index contributed by atoms with van der Waals surface area (Å²) in [5.74, 6) is 2.01. The summed E-state index contributed by atoms with van der Waals surface area (Å²) in [5, 5.41) is 9.89. The van der Waals surface area contributed by atoms with Gasteiger partial charge in [-0.25, -0.2) is 9.97 Å². The van der Waals surface area contributed by atoms with Crippen molar-refractivity contribution in [1.82, 2.24) is 19.1 Å². The second kappa shape index (κ2) is 12.2. The van der Waals surface area contributed by atoms with E-state index in [1.807, 2.05) is 0 Å². The van der Waals surface area contributed by atoms with Gasteiger partial charge in [-0.15, -0.1) is 0 Å². The molecule has 0 radical (unpaired) electrons. The van der Waals surface area contributed by atoms with Crippen LogP contribution in [0, 0.1) is 13.8 Å². The summed E-state index contributed by atoms with van der Waals surface area (Å²) in [4.78, 5) is 9.65. The molecule has 0 unspecified atom stereocenters. The van der Waals surface area contributed by atoms with Crippen LogP contribution in [-0.2, 0) is 14.1 Å². The molecule has 11 aromatic rings. The summed E-state index contributed by atoms with van der Waals surface area (Å²) in [5.41, 5.74) is 14.1. The van der Waals surface area contributed by atoms with E-state index in [0.29, 0.717) is 0 Å². The minimum Gasteiger partial charge on any atom is -0.331 e. The lowest BCUT2D eigenvalue weighted by molar-refractivity contribution is 0.886. The Balaban J connectivity index is 1.31. The minimum atomic E-state index is 1.01. The first-order chi connectivity index (χ1) is 27.4. The maximum Gasteiger partial charge on any atom is 0.106 e. The first-order valence-electron chi connectivity index (χ1n) is 19.3. The molecule has 266 valence electrons. The molecule has 0 aliphatic carbocycles. The molecule has 0 fully saturated rings. The summed E-state index contributed by atoms with van der Waals surface area (Å²) in [6.45, 7) is 4.14. The molecule has 0 N–H and O–H groups in total. The molecular formula is C52H38N4. The monoisotopic (exact) mass is 718 g/mol. The number of aryl methyl sites for hydroxylation is 4. The Kier molecular flexibility index (Phi) is 7.08. The van der Waals surface area contributed by atoms with Gasteiger partial charge in [-0.2, -0.15) is 0 Å². The smallest absolute Gasteiger partial charge is 0.106 e. The van der Waals surface area contributed by atoms with Gasteiger partial charge in [0, 0.05) is 14.1 Å². The van der Waals surface area contributed by atoms with Gasteiger partial charge in [0.15, 0.2) is 0 Å². The molecule has 4 heteroatoms. The van der Waals surface area contributed by atoms with E-state index >= 15 is 0 Å². The van der Waals surface area contributed by atoms with E-state index in [-0.39, 0.29) is 0 Å². The highest BCUT2D eigenvalue weighted by atomic mass is 15.1. The van der Waals surface area contributed by atoms with Crippen LogP contribution in [0.5, 0.6) is 0 Å². The first-order valence-corrected chi connectivity index (χ1v) is 19.3. The van der Waals surface area contributed by atoms with Crippen LogP contribution in [-0.4, -0.2) is 19.1 Å². The van der Waals surface area contributed by atoms with E-state index in [0.717, 1.165) is 33.7 Å². The van der Waals surface area contributed by atoms with Crippen LogP contribution >= 0.6 is 0 Å². The second-order valence-corrected chi connectivity index (χ2v) is 15.1. The van der Waals surface area contributed by atoms with E-state index in [9.17, 15) is 0 Å². The number of nitrogens with zero attached hydrogens (tertiary/aromatic N) is 4. The molecular weight excluding hydrogens is 681 g/mol. The molecule has 0 atom stereocenters. The van der Waals surface area contributed by atoms with Gasteiger partial charge in [0.05, 0.1) is 22.1 Å². The van der Waals surface area contributed by atoms with Crippen molar-refractivity contribution in [1.29, 1.82) is 0 Å². The second-order valence-electron chi connectivity index (χ2n) is 15.1. The summed E-state index contributed by atoms with van der Waals surface area (Å²) >= 11 is 0. The predicted molar refractivity (Wildman–Crippen MR) is 236 cm³/mol. The molecule has 0 bridgehead atoms. The molecule has 0 amide bonds. The average molecular weight is 719 g/mol. The number of benzene rings is 9. The van der Waals surface area contributed by atoms with Crippen LogP contribution in [0.1, 0.15) is 11.6 Å². The SMILES string of the molecule is Cc1nc2ccc(-c3cccc4c(-c5c6ccccc6c(-c6ccccc6)c6ccccc56)c5cccc(-c6ccc7nc(C)n(C)c7c6)c5cc34)cc2n1C. The summed E-state index contributed by atoms with van der Waals surface area (Å²) in [7, 11) is 4.21. The third kappa shape index (κ3) is 4.72. The fourth-order valence-electron chi connectivity index (χ4n) is 9.21. The van der Waals surface area contributed by atoms with E-state index in [1.54, 1.807) is 0 Å². The van der Waals surface area contributed by atoms with Crippen molar-refractivity contribution in [2.24, 2.45) is 14.1 Å². The molecule has 0 saturated heterocycles. The number of aromatic nitrogens is 4. The van der Waals surface area contributed by atoms with E-state index in [2.05, 4.69) is 195 Å². The molecule has 4 nitrogen and oxygen atoms in total. The summed E-state index contributed by atoms with van der Waals surface area (Å²) in [6, 6.07) is 58.4. The molecule has 2 aromatic heterocycles. The van der Waals surface area contributed by atoms with Crippen LogP contribution in [0.15, 0.2) is 158 Å². The van der Waals surface area contributed by atoms with Crippen molar-refractivity contribution in [3.63, 3.8) is 0 Å². The van der Waals surface area contributed by atoms with Crippen LogP contribution in [0.4, 0.5) is 0 Å². The molecule has 56 heavy (non-hydrogen) atoms. The number of hydrogen-bond donors (Lipinski definition) is 0. The van der Waals surface area contributed by atoms with Crippen molar-refractivity contribution in [3.05, 3.63) is 169 Å². The van der Waals surface area contributed by atoms with Crippen molar-refractivity contribution >= 4 is 65.2 Å². The van der Waals surface area contributed by atoms with Crippen molar-refractivity contribution in [3.8, 4) is 44.5 Å². The van der Waals surface area contributed by atoms with Gasteiger partial charge in [0.2, 0.25) is 0 Å². The van der Waals surface area contributed by atoms with Crippen molar-refractivity contribution in [2.45, 2.75) is 13.8 Å². The third-order valence-electron chi connectivity index (χ3n) is 12.1. The lowest BCUT2D eigenvalue weighted by Crippen LogP contribution is -1.95. The normalized spacial score (nSPS) is 11.9. The summed E-state index contributed by atoms with van der Waals surface area (Å²) in [6.07, 6.45) is 0. The number of imidazole rings is 2. The minimum absolute atomic E-state index is 1.01. The van der Waals surface area contributed by atoms with Crippen molar-refractivity contribution < 1.29 is 0 Å². The van der Waals surface area contributed by atoms with Gasteiger partial charge in [-0.3, -0.25) is 0 Å². The number of fused-ring (bicyclic) bond motifs is 6. The predicted octanol–water partition coefficient (Wildman–Crippen LogP) is 13.4. The Hall–Kier alpha value is -7.04. The Bertz CT molecular complexity index is 3200. The zero-order chi connectivity index (χ0) is 37.7. The zero-order valence-electron chi connectivity index (χ0n) is 31.8. The fraction of sp³-hybridized carbons (Fsp3) is 0.0769. The molecule has 0 aliphatic heterocycles. The van der Waals surface area contributed by atoms with E-state index < -0.39 is 0 Å². The van der Waals surface area contributed by atoms with Gasteiger partial charge in [-0.05, 0) is 132 Å². The molecule has 0 aliphatic rings. The Morgan fingerprint density at radius 3 is 1.20 bits per heavy atom. The molecule has 9 aromatic carbocycles. The maximum absolute atomic E-state index is 4.82. The van der Waals surface area contributed by atoms with Gasteiger partial charge in [0.1, 0.15) is 11.6 Å². The zero-order valence-corrected chi connectivity index (χ0v) is 31.8. The maximum atomic E-state index is 4.82. The highest BCUT2D eigenvalue weighted by molar-refractivity contribution is 6.29. The van der Waals surface area contributed by atoms with Gasteiger partial charge >= 0.3 is 0 Å². The quantitative estimate of drug-likeness (QED) is 0.170. The van der Waals surface area contributed by atoms with Gasteiger partial charge in [0.25, 0.3) is 0 Å². The van der Waals surface area contributed by atoms with Gasteiger partial charge < -0.3 is 9.13 Å². The highest BCUT2D eigenvalue weighted by Crippen LogP contribution is 2.50. The molecule has 0 saturated carbocycles. The lowest BCUT2D eigenvalue weighted by Gasteiger charge is -2.22. The molecule has 11 rings (SSSR count).